The maximum Gasteiger partial charge on any atom is 0.350 e. The molecule has 2 heterocycles. The maximum atomic E-state index is 13.5. The van der Waals surface area contributed by atoms with Crippen molar-refractivity contribution in [3.63, 3.8) is 0 Å². The molecule has 0 amide bonds. The number of hydrogen-bond donors (Lipinski definition) is 0. The first-order valence-electron chi connectivity index (χ1n) is 5.86. The zero-order valence-electron chi connectivity index (χ0n) is 10.4. The van der Waals surface area contributed by atoms with Crippen molar-refractivity contribution in [1.82, 2.24) is 9.38 Å². The van der Waals surface area contributed by atoms with Gasteiger partial charge in [0.2, 0.25) is 0 Å². The molecule has 0 saturated heterocycles. The average Bonchev–Trinajstić information content (AvgIpc) is 2.65. The van der Waals surface area contributed by atoms with Crippen LogP contribution in [0.4, 0.5) is 3.89 Å². The van der Waals surface area contributed by atoms with Gasteiger partial charge in [0.15, 0.2) is 5.03 Å². The van der Waals surface area contributed by atoms with Gasteiger partial charge in [-0.05, 0) is 31.9 Å². The van der Waals surface area contributed by atoms with Gasteiger partial charge in [-0.15, -0.1) is 0 Å². The van der Waals surface area contributed by atoms with E-state index in [0.717, 1.165) is 12.8 Å². The quantitative estimate of drug-likeness (QED) is 0.802. The van der Waals surface area contributed by atoms with Gasteiger partial charge in [0.1, 0.15) is 5.65 Å². The molecule has 2 aromatic heterocycles. The third-order valence-corrected chi connectivity index (χ3v) is 3.74. The number of nitrogens with zero attached hydrogens (tertiary/aromatic N) is 2. The highest BCUT2D eigenvalue weighted by molar-refractivity contribution is 7.86. The van der Waals surface area contributed by atoms with Gasteiger partial charge in [-0.1, -0.05) is 23.3 Å². The summed E-state index contributed by atoms with van der Waals surface area (Å²) in [5.74, 6) is 0. The Bertz CT molecular complexity index is 677. The SMILES string of the molecule is CCCCc1nc2cccc(C)n2c1S(=O)(=O)F. The average molecular weight is 270 g/mol. The molecular weight excluding hydrogens is 255 g/mol. The Morgan fingerprint density at radius 1 is 1.39 bits per heavy atom. The van der Waals surface area contributed by atoms with E-state index in [9.17, 15) is 12.3 Å². The van der Waals surface area contributed by atoms with Crippen LogP contribution >= 0.6 is 0 Å². The summed E-state index contributed by atoms with van der Waals surface area (Å²) >= 11 is 0. The molecule has 2 rings (SSSR count). The number of imidazole rings is 1. The van der Waals surface area contributed by atoms with Crippen LogP contribution in [-0.4, -0.2) is 17.8 Å². The summed E-state index contributed by atoms with van der Waals surface area (Å²) in [4.78, 5) is 4.22. The zero-order chi connectivity index (χ0) is 13.3. The predicted molar refractivity (Wildman–Crippen MR) is 66.8 cm³/mol. The normalized spacial score (nSPS) is 12.2. The van der Waals surface area contributed by atoms with Crippen molar-refractivity contribution >= 4 is 15.9 Å². The first kappa shape index (κ1) is 13.0. The van der Waals surface area contributed by atoms with Crippen LogP contribution in [0.2, 0.25) is 0 Å². The van der Waals surface area contributed by atoms with Gasteiger partial charge in [-0.3, -0.25) is 4.40 Å². The summed E-state index contributed by atoms with van der Waals surface area (Å²) in [6.07, 6.45) is 2.15. The Morgan fingerprint density at radius 2 is 2.11 bits per heavy atom. The van der Waals surface area contributed by atoms with Crippen molar-refractivity contribution in [2.45, 2.75) is 38.1 Å². The second-order valence-corrected chi connectivity index (χ2v) is 5.53. The first-order valence-corrected chi connectivity index (χ1v) is 7.25. The molecule has 0 unspecified atom stereocenters. The van der Waals surface area contributed by atoms with E-state index in [0.29, 0.717) is 23.5 Å². The fourth-order valence-electron chi connectivity index (χ4n) is 2.03. The maximum absolute atomic E-state index is 13.5. The topological polar surface area (TPSA) is 51.4 Å². The van der Waals surface area contributed by atoms with E-state index < -0.39 is 10.2 Å². The van der Waals surface area contributed by atoms with Crippen LogP contribution in [0.3, 0.4) is 0 Å². The molecule has 0 fully saturated rings. The highest BCUT2D eigenvalue weighted by Crippen LogP contribution is 2.23. The van der Waals surface area contributed by atoms with Gasteiger partial charge in [0.25, 0.3) is 0 Å². The fraction of sp³-hybridized carbons (Fsp3) is 0.417. The molecule has 0 radical (unpaired) electrons. The smallest absolute Gasteiger partial charge is 0.285 e. The van der Waals surface area contributed by atoms with Crippen molar-refractivity contribution in [3.05, 3.63) is 29.6 Å². The Morgan fingerprint density at radius 3 is 2.72 bits per heavy atom. The highest BCUT2D eigenvalue weighted by Gasteiger charge is 2.24. The number of pyridine rings is 1. The molecule has 0 saturated carbocycles. The Kier molecular flexibility index (Phi) is 3.38. The standard InChI is InChI=1S/C12H15FN2O2S/c1-3-4-7-10-12(18(13,16)17)15-9(2)6-5-8-11(15)14-10/h5-6,8H,3-4,7H2,1-2H3. The minimum absolute atomic E-state index is 0.314. The lowest BCUT2D eigenvalue weighted by molar-refractivity contribution is 0.543. The van der Waals surface area contributed by atoms with Crippen LogP contribution in [0.25, 0.3) is 5.65 Å². The van der Waals surface area contributed by atoms with Gasteiger partial charge >= 0.3 is 10.2 Å². The third kappa shape index (κ3) is 2.25. The lowest BCUT2D eigenvalue weighted by Gasteiger charge is -2.02. The van der Waals surface area contributed by atoms with E-state index in [4.69, 9.17) is 0 Å². The molecule has 6 heteroatoms. The molecule has 0 N–H and O–H groups in total. The fourth-order valence-corrected chi connectivity index (χ4v) is 2.91. The molecular formula is C12H15FN2O2S. The van der Waals surface area contributed by atoms with Crippen LogP contribution in [0, 0.1) is 6.92 Å². The number of fused-ring (bicyclic) bond motifs is 1. The van der Waals surface area contributed by atoms with Crippen molar-refractivity contribution in [2.75, 3.05) is 0 Å². The monoisotopic (exact) mass is 270 g/mol. The minimum Gasteiger partial charge on any atom is -0.285 e. The summed E-state index contributed by atoms with van der Waals surface area (Å²) in [5, 5.41) is -0.316. The molecule has 98 valence electrons. The molecule has 0 aliphatic rings. The Balaban J connectivity index is 2.75. The van der Waals surface area contributed by atoms with Gasteiger partial charge in [0.05, 0.1) is 5.69 Å². The van der Waals surface area contributed by atoms with Crippen molar-refractivity contribution in [3.8, 4) is 0 Å². The van der Waals surface area contributed by atoms with E-state index >= 15 is 0 Å². The molecule has 4 nitrogen and oxygen atoms in total. The largest absolute Gasteiger partial charge is 0.350 e. The van der Waals surface area contributed by atoms with Gasteiger partial charge < -0.3 is 0 Å². The Hall–Kier alpha value is -1.43. The van der Waals surface area contributed by atoms with E-state index in [2.05, 4.69) is 4.98 Å². The lowest BCUT2D eigenvalue weighted by atomic mass is 10.2. The van der Waals surface area contributed by atoms with Crippen molar-refractivity contribution < 1.29 is 12.3 Å². The Labute approximate surface area is 106 Å². The van der Waals surface area contributed by atoms with Crippen LogP contribution in [0.1, 0.15) is 31.2 Å². The van der Waals surface area contributed by atoms with Gasteiger partial charge in [-0.2, -0.15) is 8.42 Å². The first-order chi connectivity index (χ1) is 8.45. The molecule has 0 aliphatic heterocycles. The number of halogens is 1. The predicted octanol–water partition coefficient (Wildman–Crippen LogP) is 2.64. The molecule has 18 heavy (non-hydrogen) atoms. The second-order valence-electron chi connectivity index (χ2n) is 4.27. The summed E-state index contributed by atoms with van der Waals surface area (Å²) < 4.78 is 37.5. The van der Waals surface area contributed by atoms with Crippen LogP contribution in [0.5, 0.6) is 0 Å². The molecule has 0 bridgehead atoms. The minimum atomic E-state index is -4.77. The summed E-state index contributed by atoms with van der Waals surface area (Å²) in [6, 6.07) is 5.18. The van der Waals surface area contributed by atoms with Crippen molar-refractivity contribution in [1.29, 1.82) is 0 Å². The number of aromatic nitrogens is 2. The van der Waals surface area contributed by atoms with Gasteiger partial charge in [0, 0.05) is 5.69 Å². The second kappa shape index (κ2) is 4.68. The van der Waals surface area contributed by atoms with Crippen LogP contribution < -0.4 is 0 Å². The zero-order valence-corrected chi connectivity index (χ0v) is 11.2. The summed E-state index contributed by atoms with van der Waals surface area (Å²) in [6.45, 7) is 3.72. The highest BCUT2D eigenvalue weighted by atomic mass is 32.3. The van der Waals surface area contributed by atoms with E-state index in [1.165, 1.54) is 4.40 Å². The lowest BCUT2D eigenvalue weighted by Crippen LogP contribution is -2.04. The molecule has 0 spiro atoms. The van der Waals surface area contributed by atoms with Crippen LogP contribution in [0.15, 0.2) is 23.2 Å². The number of rotatable bonds is 4. The summed E-state index contributed by atoms with van der Waals surface area (Å²) in [5.41, 5.74) is 1.44. The van der Waals surface area contributed by atoms with E-state index in [-0.39, 0.29) is 5.03 Å². The molecule has 2 aromatic rings. The third-order valence-electron chi connectivity index (χ3n) is 2.86. The number of unbranched alkanes of at least 4 members (excludes halogenated alkanes) is 1. The van der Waals surface area contributed by atoms with E-state index in [1.807, 2.05) is 6.92 Å². The molecule has 0 atom stereocenters. The molecule has 0 aliphatic carbocycles. The number of hydrogen-bond acceptors (Lipinski definition) is 3. The van der Waals surface area contributed by atoms with Crippen LogP contribution in [-0.2, 0) is 16.6 Å². The van der Waals surface area contributed by atoms with Crippen molar-refractivity contribution in [2.24, 2.45) is 0 Å². The number of aryl methyl sites for hydroxylation is 2. The van der Waals surface area contributed by atoms with E-state index in [1.54, 1.807) is 25.1 Å². The summed E-state index contributed by atoms with van der Waals surface area (Å²) in [7, 11) is -4.77. The van der Waals surface area contributed by atoms with Gasteiger partial charge in [-0.25, -0.2) is 4.98 Å². The molecule has 0 aromatic carbocycles.